The van der Waals surface area contributed by atoms with E-state index in [9.17, 15) is 9.59 Å². The van der Waals surface area contributed by atoms with Gasteiger partial charge >= 0.3 is 0 Å². The van der Waals surface area contributed by atoms with Gasteiger partial charge < -0.3 is 5.73 Å². The van der Waals surface area contributed by atoms with Crippen LogP contribution in [0.5, 0.6) is 0 Å². The minimum absolute atomic E-state index is 0.143. The molecule has 1 N–H and O–H groups in total. The van der Waals surface area contributed by atoms with Crippen molar-refractivity contribution < 1.29 is 9.59 Å². The normalized spacial score (nSPS) is 13.2. The molecular weight excluding hydrogens is 214 g/mol. The van der Waals surface area contributed by atoms with Gasteiger partial charge in [0, 0.05) is 22.3 Å². The first-order valence-corrected chi connectivity index (χ1v) is 5.22. The maximum atomic E-state index is 12.2. The third kappa shape index (κ3) is 1.29. The molecule has 0 atom stereocenters. The molecule has 0 saturated carbocycles. The highest BCUT2D eigenvalue weighted by atomic mass is 16.1. The molecule has 1 aliphatic rings. The van der Waals surface area contributed by atoms with Crippen LogP contribution in [0.15, 0.2) is 42.5 Å². The highest BCUT2D eigenvalue weighted by Gasteiger charge is 2.28. The summed E-state index contributed by atoms with van der Waals surface area (Å²) in [6.45, 7) is 0. The lowest BCUT2D eigenvalue weighted by Crippen LogP contribution is -2.20. The van der Waals surface area contributed by atoms with Crippen molar-refractivity contribution in [2.45, 2.75) is 0 Å². The van der Waals surface area contributed by atoms with Crippen molar-refractivity contribution in [3.05, 3.63) is 64.7 Å². The van der Waals surface area contributed by atoms with Gasteiger partial charge in [-0.2, -0.15) is 0 Å². The van der Waals surface area contributed by atoms with E-state index in [2.05, 4.69) is 0 Å². The predicted octanol–water partition coefficient (Wildman–Crippen LogP) is 2.38. The summed E-state index contributed by atoms with van der Waals surface area (Å²) in [5.74, 6) is -0.320. The molecule has 0 aromatic heterocycles. The number of rotatable bonds is 0. The van der Waals surface area contributed by atoms with Gasteiger partial charge in [0.2, 0.25) is 0 Å². The first-order valence-electron chi connectivity index (χ1n) is 5.22. The standard InChI is InChI=1S/C14H8NO2/c15-8-5-6-11-12(7-8)14(17)10-4-2-1-3-9(10)13(11)16/h1-7,15H. The first-order chi connectivity index (χ1) is 8.18. The van der Waals surface area contributed by atoms with E-state index in [1.807, 2.05) is 0 Å². The number of ketones is 2. The summed E-state index contributed by atoms with van der Waals surface area (Å²) in [5.41, 5.74) is 9.35. The maximum absolute atomic E-state index is 12.2. The van der Waals surface area contributed by atoms with Gasteiger partial charge in [0.1, 0.15) is 0 Å². The van der Waals surface area contributed by atoms with E-state index >= 15 is 0 Å². The van der Waals surface area contributed by atoms with Crippen LogP contribution in [0.2, 0.25) is 0 Å². The first kappa shape index (κ1) is 9.78. The summed E-state index contributed by atoms with van der Waals surface area (Å²) in [6.07, 6.45) is 0. The van der Waals surface area contributed by atoms with Crippen LogP contribution in [0.25, 0.3) is 0 Å². The lowest BCUT2D eigenvalue weighted by atomic mass is 9.84. The molecule has 3 heteroatoms. The van der Waals surface area contributed by atoms with Crippen molar-refractivity contribution in [2.24, 2.45) is 0 Å². The maximum Gasteiger partial charge on any atom is 0.194 e. The van der Waals surface area contributed by atoms with Crippen molar-refractivity contribution in [2.75, 3.05) is 0 Å². The van der Waals surface area contributed by atoms with Crippen LogP contribution in [-0.4, -0.2) is 11.6 Å². The summed E-state index contributed by atoms with van der Waals surface area (Å²) < 4.78 is 0. The SMILES string of the molecule is [NH]c1ccc2c(c1)C(=O)c1ccccc1C2=O. The molecule has 2 aromatic rings. The van der Waals surface area contributed by atoms with E-state index in [-0.39, 0.29) is 17.3 Å². The molecule has 0 fully saturated rings. The summed E-state index contributed by atoms with van der Waals surface area (Å²) in [7, 11) is 0. The zero-order chi connectivity index (χ0) is 12.0. The topological polar surface area (TPSA) is 57.9 Å². The van der Waals surface area contributed by atoms with Gasteiger partial charge in [0.05, 0.1) is 5.69 Å². The van der Waals surface area contributed by atoms with Crippen LogP contribution >= 0.6 is 0 Å². The second kappa shape index (κ2) is 3.28. The minimum Gasteiger partial charge on any atom is -0.301 e. The second-order valence-electron chi connectivity index (χ2n) is 3.96. The van der Waals surface area contributed by atoms with E-state index in [0.29, 0.717) is 22.3 Å². The average molecular weight is 222 g/mol. The van der Waals surface area contributed by atoms with Crippen molar-refractivity contribution in [1.29, 1.82) is 0 Å². The van der Waals surface area contributed by atoms with Crippen LogP contribution in [0.3, 0.4) is 0 Å². The minimum atomic E-state index is -0.177. The van der Waals surface area contributed by atoms with Gasteiger partial charge in [-0.15, -0.1) is 0 Å². The molecule has 1 radical (unpaired) electrons. The molecule has 3 nitrogen and oxygen atoms in total. The predicted molar refractivity (Wildman–Crippen MR) is 62.5 cm³/mol. The Hall–Kier alpha value is -2.42. The Bertz CT molecular complexity index is 659. The zero-order valence-electron chi connectivity index (χ0n) is 8.86. The molecule has 0 unspecified atom stereocenters. The molecule has 0 bridgehead atoms. The molecule has 0 aliphatic heterocycles. The number of nitrogens with one attached hydrogen (secondary N) is 1. The number of carbonyl (C=O) groups excluding carboxylic acids is 2. The third-order valence-corrected chi connectivity index (χ3v) is 2.93. The Labute approximate surface area is 97.9 Å². The summed E-state index contributed by atoms with van der Waals surface area (Å²) >= 11 is 0. The molecule has 2 aromatic carbocycles. The van der Waals surface area contributed by atoms with E-state index < -0.39 is 0 Å². The van der Waals surface area contributed by atoms with Crippen molar-refractivity contribution in [3.8, 4) is 0 Å². The van der Waals surface area contributed by atoms with Crippen LogP contribution in [0.4, 0.5) is 5.69 Å². The van der Waals surface area contributed by atoms with Crippen LogP contribution in [-0.2, 0) is 0 Å². The van der Waals surface area contributed by atoms with Gasteiger partial charge in [-0.25, -0.2) is 0 Å². The van der Waals surface area contributed by atoms with Crippen LogP contribution in [0, 0.1) is 0 Å². The van der Waals surface area contributed by atoms with E-state index in [0.717, 1.165) is 0 Å². The number of benzene rings is 2. The number of fused-ring (bicyclic) bond motifs is 2. The summed E-state index contributed by atoms with van der Waals surface area (Å²) in [6, 6.07) is 11.3. The van der Waals surface area contributed by atoms with Crippen molar-refractivity contribution >= 4 is 17.3 Å². The largest absolute Gasteiger partial charge is 0.301 e. The lowest BCUT2D eigenvalue weighted by Gasteiger charge is -2.17. The Balaban J connectivity index is 2.33. The Morgan fingerprint density at radius 1 is 0.706 bits per heavy atom. The van der Waals surface area contributed by atoms with Crippen LogP contribution < -0.4 is 5.73 Å². The molecule has 0 heterocycles. The zero-order valence-corrected chi connectivity index (χ0v) is 8.86. The summed E-state index contributed by atoms with van der Waals surface area (Å²) in [4.78, 5) is 24.3. The van der Waals surface area contributed by atoms with E-state index in [1.165, 1.54) is 12.1 Å². The van der Waals surface area contributed by atoms with Gasteiger partial charge in [0.25, 0.3) is 0 Å². The number of hydrogen-bond donors (Lipinski definition) is 0. The Morgan fingerprint density at radius 2 is 1.24 bits per heavy atom. The van der Waals surface area contributed by atoms with Gasteiger partial charge in [-0.05, 0) is 18.2 Å². The average Bonchev–Trinajstić information content (AvgIpc) is 2.36. The molecule has 0 amide bonds. The molecule has 17 heavy (non-hydrogen) atoms. The highest BCUT2D eigenvalue weighted by molar-refractivity contribution is 6.28. The Kier molecular flexibility index (Phi) is 1.89. The molecule has 0 spiro atoms. The fraction of sp³-hybridized carbons (Fsp3) is 0. The molecule has 1 aliphatic carbocycles. The van der Waals surface area contributed by atoms with Crippen molar-refractivity contribution in [1.82, 2.24) is 5.73 Å². The smallest absolute Gasteiger partial charge is 0.194 e. The third-order valence-electron chi connectivity index (χ3n) is 2.93. The molecular formula is C14H8NO2. The monoisotopic (exact) mass is 222 g/mol. The number of hydrogen-bond acceptors (Lipinski definition) is 2. The van der Waals surface area contributed by atoms with E-state index in [4.69, 9.17) is 5.73 Å². The molecule has 0 saturated heterocycles. The van der Waals surface area contributed by atoms with Crippen molar-refractivity contribution in [3.63, 3.8) is 0 Å². The fourth-order valence-corrected chi connectivity index (χ4v) is 2.10. The van der Waals surface area contributed by atoms with Gasteiger partial charge in [0.15, 0.2) is 11.6 Å². The quantitative estimate of drug-likeness (QED) is 0.586. The summed E-state index contributed by atoms with van der Waals surface area (Å²) in [5, 5.41) is 0. The Morgan fingerprint density at radius 3 is 1.88 bits per heavy atom. The van der Waals surface area contributed by atoms with E-state index in [1.54, 1.807) is 30.3 Å². The second-order valence-corrected chi connectivity index (χ2v) is 3.96. The molecule has 81 valence electrons. The van der Waals surface area contributed by atoms with Gasteiger partial charge in [-0.1, -0.05) is 24.3 Å². The highest BCUT2D eigenvalue weighted by Crippen LogP contribution is 2.28. The van der Waals surface area contributed by atoms with Gasteiger partial charge in [-0.3, -0.25) is 9.59 Å². The lowest BCUT2D eigenvalue weighted by molar-refractivity contribution is 0.0979. The molecule has 3 rings (SSSR count). The fourth-order valence-electron chi connectivity index (χ4n) is 2.10. The van der Waals surface area contributed by atoms with Crippen LogP contribution in [0.1, 0.15) is 31.8 Å². The number of carbonyl (C=O) groups is 2.